The van der Waals surface area contributed by atoms with Crippen molar-refractivity contribution in [3.05, 3.63) is 24.3 Å². The van der Waals surface area contributed by atoms with Gasteiger partial charge in [0.1, 0.15) is 0 Å². The van der Waals surface area contributed by atoms with E-state index in [4.69, 9.17) is 0 Å². The second kappa shape index (κ2) is 7.55. The second-order valence-corrected chi connectivity index (χ2v) is 7.93. The smallest absolute Gasteiger partial charge is 0.0341 e. The highest BCUT2D eigenvalue weighted by atomic mass is 32.2. The molecule has 116 valence electrons. The van der Waals surface area contributed by atoms with Gasteiger partial charge in [0.15, 0.2) is 0 Å². The molecule has 1 aliphatic carbocycles. The van der Waals surface area contributed by atoms with Gasteiger partial charge in [0.2, 0.25) is 0 Å². The van der Waals surface area contributed by atoms with Gasteiger partial charge in [-0.05, 0) is 63.5 Å². The van der Waals surface area contributed by atoms with Crippen LogP contribution >= 0.6 is 11.8 Å². The van der Waals surface area contributed by atoms with Crippen molar-refractivity contribution in [1.29, 1.82) is 0 Å². The number of hydrogen-bond acceptors (Lipinski definition) is 3. The summed E-state index contributed by atoms with van der Waals surface area (Å²) in [5, 5.41) is 4.48. The molecule has 3 rings (SSSR count). The van der Waals surface area contributed by atoms with Crippen LogP contribution in [0.3, 0.4) is 0 Å². The van der Waals surface area contributed by atoms with E-state index in [-0.39, 0.29) is 0 Å². The van der Waals surface area contributed by atoms with Crippen LogP contribution in [-0.4, -0.2) is 36.3 Å². The third-order valence-electron chi connectivity index (χ3n) is 4.92. The highest BCUT2D eigenvalue weighted by Gasteiger charge is 2.18. The molecule has 1 saturated heterocycles. The molecule has 1 heterocycles. The number of thioether (sulfide) groups is 1. The van der Waals surface area contributed by atoms with Crippen LogP contribution in [0.2, 0.25) is 0 Å². The van der Waals surface area contributed by atoms with Gasteiger partial charge in [0.25, 0.3) is 0 Å². The Labute approximate surface area is 133 Å². The molecule has 0 bridgehead atoms. The van der Waals surface area contributed by atoms with Crippen molar-refractivity contribution in [2.45, 2.75) is 61.1 Å². The highest BCUT2D eigenvalue weighted by Crippen LogP contribution is 2.34. The normalized spacial score (nSPS) is 24.3. The Bertz CT molecular complexity index is 425. The fourth-order valence-corrected chi connectivity index (χ4v) is 4.73. The van der Waals surface area contributed by atoms with Gasteiger partial charge in [-0.1, -0.05) is 19.3 Å². The molecule has 1 saturated carbocycles. The molecule has 1 aromatic carbocycles. The first kappa shape index (κ1) is 15.2. The maximum absolute atomic E-state index is 3.61. The van der Waals surface area contributed by atoms with Gasteiger partial charge in [-0.3, -0.25) is 0 Å². The molecule has 2 aliphatic rings. The summed E-state index contributed by atoms with van der Waals surface area (Å²) in [6.07, 6.45) is 9.72. The third-order valence-corrected chi connectivity index (χ3v) is 6.27. The molecule has 3 heteroatoms. The van der Waals surface area contributed by atoms with Gasteiger partial charge in [-0.15, -0.1) is 11.8 Å². The number of nitrogens with zero attached hydrogens (tertiary/aromatic N) is 1. The van der Waals surface area contributed by atoms with Crippen molar-refractivity contribution in [1.82, 2.24) is 4.90 Å². The predicted octanol–water partition coefficient (Wildman–Crippen LogP) is 4.62. The minimum absolute atomic E-state index is 0.700. The Morgan fingerprint density at radius 2 is 1.76 bits per heavy atom. The van der Waals surface area contributed by atoms with Crippen molar-refractivity contribution in [3.8, 4) is 0 Å². The van der Waals surface area contributed by atoms with E-state index in [2.05, 4.69) is 53.3 Å². The Balaban J connectivity index is 1.47. The van der Waals surface area contributed by atoms with Crippen molar-refractivity contribution in [2.75, 3.05) is 25.5 Å². The Morgan fingerprint density at radius 3 is 2.48 bits per heavy atom. The third kappa shape index (κ3) is 4.40. The summed E-state index contributed by atoms with van der Waals surface area (Å²) in [4.78, 5) is 3.93. The predicted molar refractivity (Wildman–Crippen MR) is 93.3 cm³/mol. The van der Waals surface area contributed by atoms with E-state index < -0.39 is 0 Å². The number of anilines is 1. The molecule has 21 heavy (non-hydrogen) atoms. The number of rotatable bonds is 5. The molecule has 0 radical (unpaired) electrons. The van der Waals surface area contributed by atoms with E-state index >= 15 is 0 Å². The molecular formula is C18H28N2S. The highest BCUT2D eigenvalue weighted by molar-refractivity contribution is 8.00. The van der Waals surface area contributed by atoms with Crippen molar-refractivity contribution >= 4 is 17.4 Å². The van der Waals surface area contributed by atoms with Gasteiger partial charge in [-0.25, -0.2) is 0 Å². The summed E-state index contributed by atoms with van der Waals surface area (Å²) in [6, 6.07) is 9.78. The number of likely N-dealkylation sites (tertiary alicyclic amines) is 1. The van der Waals surface area contributed by atoms with Crippen LogP contribution in [0, 0.1) is 0 Å². The van der Waals surface area contributed by atoms with E-state index in [0.717, 1.165) is 11.8 Å². The summed E-state index contributed by atoms with van der Waals surface area (Å²) >= 11 is 2.07. The van der Waals surface area contributed by atoms with E-state index in [1.165, 1.54) is 62.1 Å². The number of hydrogen-bond donors (Lipinski definition) is 1. The van der Waals surface area contributed by atoms with Crippen molar-refractivity contribution in [3.63, 3.8) is 0 Å². The van der Waals surface area contributed by atoms with Gasteiger partial charge in [-0.2, -0.15) is 0 Å². The number of benzene rings is 1. The van der Waals surface area contributed by atoms with Crippen LogP contribution in [0.5, 0.6) is 0 Å². The second-order valence-electron chi connectivity index (χ2n) is 6.56. The molecule has 0 aromatic heterocycles. The first-order chi connectivity index (χ1) is 10.3. The average Bonchev–Trinajstić information content (AvgIpc) is 3.01. The van der Waals surface area contributed by atoms with Crippen LogP contribution in [0.1, 0.15) is 44.9 Å². The Hall–Kier alpha value is -0.670. The first-order valence-electron chi connectivity index (χ1n) is 8.52. The summed E-state index contributed by atoms with van der Waals surface area (Å²) in [6.45, 7) is 2.33. The number of piperidine rings is 1. The lowest BCUT2D eigenvalue weighted by Crippen LogP contribution is -2.40. The van der Waals surface area contributed by atoms with E-state index in [0.29, 0.717) is 6.04 Å². The number of nitrogens with one attached hydrogen (secondary N) is 1. The molecule has 1 N–H and O–H groups in total. The zero-order valence-corrected chi connectivity index (χ0v) is 14.0. The standard InChI is InChI=1S/C18H28N2S/c1-20-13-5-4-6-16(20)14-19-15-9-11-18(12-10-15)21-17-7-2-3-8-17/h9-12,16-17,19H,2-8,13-14H2,1H3. The average molecular weight is 305 g/mol. The molecular weight excluding hydrogens is 276 g/mol. The van der Waals surface area contributed by atoms with Crippen LogP contribution in [0.4, 0.5) is 5.69 Å². The Morgan fingerprint density at radius 1 is 1.05 bits per heavy atom. The van der Waals surface area contributed by atoms with Crippen LogP contribution in [0.15, 0.2) is 29.2 Å². The van der Waals surface area contributed by atoms with Gasteiger partial charge in [0, 0.05) is 28.4 Å². The summed E-state index contributed by atoms with van der Waals surface area (Å²) in [5.41, 5.74) is 1.27. The van der Waals surface area contributed by atoms with E-state index in [9.17, 15) is 0 Å². The van der Waals surface area contributed by atoms with E-state index in [1.54, 1.807) is 0 Å². The largest absolute Gasteiger partial charge is 0.383 e. The maximum Gasteiger partial charge on any atom is 0.0341 e. The lowest BCUT2D eigenvalue weighted by Gasteiger charge is -2.32. The van der Waals surface area contributed by atoms with Crippen molar-refractivity contribution in [2.24, 2.45) is 0 Å². The molecule has 2 nitrogen and oxygen atoms in total. The Kier molecular flexibility index (Phi) is 5.48. The first-order valence-corrected chi connectivity index (χ1v) is 9.40. The molecule has 1 aliphatic heterocycles. The van der Waals surface area contributed by atoms with Gasteiger partial charge in [0.05, 0.1) is 0 Å². The molecule has 1 aromatic rings. The summed E-state index contributed by atoms with van der Waals surface area (Å²) in [7, 11) is 2.26. The van der Waals surface area contributed by atoms with Crippen LogP contribution < -0.4 is 5.32 Å². The van der Waals surface area contributed by atoms with Gasteiger partial charge < -0.3 is 10.2 Å². The molecule has 1 atom stereocenters. The zero-order valence-electron chi connectivity index (χ0n) is 13.2. The lowest BCUT2D eigenvalue weighted by molar-refractivity contribution is 0.194. The SMILES string of the molecule is CN1CCCCC1CNc1ccc(SC2CCCC2)cc1. The minimum atomic E-state index is 0.700. The van der Waals surface area contributed by atoms with Crippen molar-refractivity contribution < 1.29 is 0 Å². The van der Waals surface area contributed by atoms with Crippen LogP contribution in [0.25, 0.3) is 0 Å². The topological polar surface area (TPSA) is 15.3 Å². The molecule has 1 unspecified atom stereocenters. The minimum Gasteiger partial charge on any atom is -0.383 e. The summed E-state index contributed by atoms with van der Waals surface area (Å²) in [5.74, 6) is 0. The fraction of sp³-hybridized carbons (Fsp3) is 0.667. The van der Waals surface area contributed by atoms with E-state index in [1.807, 2.05) is 0 Å². The monoisotopic (exact) mass is 304 g/mol. The zero-order chi connectivity index (χ0) is 14.5. The van der Waals surface area contributed by atoms with Crippen LogP contribution in [-0.2, 0) is 0 Å². The molecule has 0 spiro atoms. The molecule has 0 amide bonds. The lowest BCUT2D eigenvalue weighted by atomic mass is 10.0. The summed E-state index contributed by atoms with van der Waals surface area (Å²) < 4.78 is 0. The maximum atomic E-state index is 3.61. The quantitative estimate of drug-likeness (QED) is 0.854. The number of likely N-dealkylation sites (N-methyl/N-ethyl adjacent to an activating group) is 1. The molecule has 2 fully saturated rings. The fourth-order valence-electron chi connectivity index (χ4n) is 3.49. The van der Waals surface area contributed by atoms with Gasteiger partial charge >= 0.3 is 0 Å².